The fraction of sp³-hybridized carbons (Fsp3) is 0.889. The lowest BCUT2D eigenvalue weighted by Crippen LogP contribution is -2.44. The molecule has 1 saturated carbocycles. The second-order valence-electron chi connectivity index (χ2n) is 3.94. The lowest BCUT2D eigenvalue weighted by molar-refractivity contribution is -0.136. The van der Waals surface area contributed by atoms with Crippen molar-refractivity contribution < 1.29 is 9.53 Å². The molecule has 2 atom stereocenters. The van der Waals surface area contributed by atoms with E-state index in [1.807, 2.05) is 0 Å². The molecule has 1 aliphatic heterocycles. The van der Waals surface area contributed by atoms with E-state index in [0.29, 0.717) is 12.6 Å². The molecule has 1 amide bonds. The Morgan fingerprint density at radius 1 is 1.31 bits per heavy atom. The van der Waals surface area contributed by atoms with Gasteiger partial charge in [-0.3, -0.25) is 4.79 Å². The number of carbonyl (C=O) groups excluding carboxylic acids is 1. The summed E-state index contributed by atoms with van der Waals surface area (Å²) in [6.07, 6.45) is 3.65. The molecule has 0 unspecified atom stereocenters. The molecule has 0 radical (unpaired) electrons. The van der Waals surface area contributed by atoms with Gasteiger partial charge in [0, 0.05) is 12.1 Å². The van der Waals surface area contributed by atoms with E-state index in [2.05, 4.69) is 5.32 Å². The molecule has 0 aromatic heterocycles. The van der Waals surface area contributed by atoms with E-state index >= 15 is 0 Å². The topological polar surface area (TPSA) is 64.4 Å². The number of nitrogens with one attached hydrogen (secondary N) is 1. The first-order chi connectivity index (χ1) is 6.25. The quantitative estimate of drug-likeness (QED) is 0.623. The zero-order chi connectivity index (χ0) is 9.26. The molecule has 13 heavy (non-hydrogen) atoms. The van der Waals surface area contributed by atoms with Crippen LogP contribution in [0.5, 0.6) is 0 Å². The molecule has 0 aromatic carbocycles. The highest BCUT2D eigenvalue weighted by Crippen LogP contribution is 2.20. The smallest absolute Gasteiger partial charge is 0.249 e. The Morgan fingerprint density at radius 2 is 2.08 bits per heavy atom. The van der Waals surface area contributed by atoms with Gasteiger partial charge in [0.1, 0.15) is 6.10 Å². The molecule has 1 saturated heterocycles. The summed E-state index contributed by atoms with van der Waals surface area (Å²) < 4.78 is 5.34. The van der Waals surface area contributed by atoms with Gasteiger partial charge >= 0.3 is 0 Å². The minimum Gasteiger partial charge on any atom is -0.367 e. The van der Waals surface area contributed by atoms with Gasteiger partial charge in [-0.2, -0.15) is 0 Å². The van der Waals surface area contributed by atoms with Gasteiger partial charge in [-0.25, -0.2) is 0 Å². The predicted molar refractivity (Wildman–Crippen MR) is 48.1 cm³/mol. The van der Waals surface area contributed by atoms with E-state index < -0.39 is 0 Å². The molecule has 3 N–H and O–H groups in total. The van der Waals surface area contributed by atoms with Crippen LogP contribution in [0.1, 0.15) is 25.7 Å². The summed E-state index contributed by atoms with van der Waals surface area (Å²) in [6, 6.07) is 0.539. The van der Waals surface area contributed by atoms with Crippen molar-refractivity contribution in [3.8, 4) is 0 Å². The fourth-order valence-corrected chi connectivity index (χ4v) is 1.50. The molecule has 4 nitrogen and oxygen atoms in total. The molecule has 0 spiro atoms. The van der Waals surface area contributed by atoms with E-state index in [1.165, 1.54) is 0 Å². The van der Waals surface area contributed by atoms with Crippen molar-refractivity contribution >= 4 is 5.91 Å². The lowest BCUT2D eigenvalue weighted by atomic mass is 10.1. The highest BCUT2D eigenvalue weighted by molar-refractivity contribution is 5.81. The van der Waals surface area contributed by atoms with Crippen molar-refractivity contribution in [1.82, 2.24) is 5.32 Å². The van der Waals surface area contributed by atoms with Gasteiger partial charge in [0.2, 0.25) is 5.91 Å². The average Bonchev–Trinajstić information content (AvgIpc) is 2.89. The van der Waals surface area contributed by atoms with Crippen LogP contribution in [0, 0.1) is 0 Å². The Kier molecular flexibility index (Phi) is 2.51. The second kappa shape index (κ2) is 3.64. The summed E-state index contributed by atoms with van der Waals surface area (Å²) in [5, 5.41) is 2.93. The van der Waals surface area contributed by atoms with Gasteiger partial charge in [-0.05, 0) is 25.7 Å². The van der Waals surface area contributed by atoms with Gasteiger partial charge in [-0.15, -0.1) is 0 Å². The Hall–Kier alpha value is -0.610. The highest BCUT2D eigenvalue weighted by atomic mass is 16.5. The van der Waals surface area contributed by atoms with Crippen LogP contribution >= 0.6 is 0 Å². The number of ether oxygens (including phenoxy) is 1. The first-order valence-electron chi connectivity index (χ1n) is 4.93. The molecule has 2 fully saturated rings. The van der Waals surface area contributed by atoms with Crippen LogP contribution in [0.4, 0.5) is 0 Å². The minimum atomic E-state index is -0.250. The van der Waals surface area contributed by atoms with Crippen molar-refractivity contribution in [2.24, 2.45) is 5.73 Å². The molecule has 4 heteroatoms. The normalized spacial score (nSPS) is 34.2. The molecular formula is C9H16N2O2. The molecule has 74 valence electrons. The molecule has 0 bridgehead atoms. The van der Waals surface area contributed by atoms with E-state index in [0.717, 1.165) is 25.7 Å². The van der Waals surface area contributed by atoms with Crippen molar-refractivity contribution in [3.63, 3.8) is 0 Å². The van der Waals surface area contributed by atoms with Crippen LogP contribution < -0.4 is 11.1 Å². The Balaban J connectivity index is 1.75. The molecule has 0 aromatic rings. The van der Waals surface area contributed by atoms with Gasteiger partial charge in [0.15, 0.2) is 0 Å². The average molecular weight is 184 g/mol. The summed E-state index contributed by atoms with van der Waals surface area (Å²) in [5.41, 5.74) is 5.65. The Labute approximate surface area is 77.8 Å². The van der Waals surface area contributed by atoms with Gasteiger partial charge in [0.25, 0.3) is 0 Å². The van der Waals surface area contributed by atoms with Crippen LogP contribution in [0.2, 0.25) is 0 Å². The Bertz CT molecular complexity index is 196. The zero-order valence-corrected chi connectivity index (χ0v) is 7.66. The van der Waals surface area contributed by atoms with Gasteiger partial charge in [-0.1, -0.05) is 0 Å². The maximum atomic E-state index is 11.5. The SMILES string of the molecule is N[C@@H]1CC[C@@H](C(=O)NC2CC2)OC1. The van der Waals surface area contributed by atoms with Gasteiger partial charge < -0.3 is 15.8 Å². The van der Waals surface area contributed by atoms with Crippen LogP contribution in [-0.2, 0) is 9.53 Å². The van der Waals surface area contributed by atoms with Crippen molar-refractivity contribution in [3.05, 3.63) is 0 Å². The molecule has 1 heterocycles. The van der Waals surface area contributed by atoms with E-state index in [9.17, 15) is 4.79 Å². The third kappa shape index (κ3) is 2.42. The van der Waals surface area contributed by atoms with Crippen molar-refractivity contribution in [2.75, 3.05) is 6.61 Å². The van der Waals surface area contributed by atoms with E-state index in [1.54, 1.807) is 0 Å². The van der Waals surface area contributed by atoms with E-state index in [-0.39, 0.29) is 18.1 Å². The summed E-state index contributed by atoms with van der Waals surface area (Å²) in [6.45, 7) is 0.517. The molecule has 2 aliphatic rings. The first-order valence-corrected chi connectivity index (χ1v) is 4.93. The Morgan fingerprint density at radius 3 is 2.62 bits per heavy atom. The fourth-order valence-electron chi connectivity index (χ4n) is 1.50. The third-order valence-electron chi connectivity index (χ3n) is 2.53. The number of carbonyl (C=O) groups is 1. The highest BCUT2D eigenvalue weighted by Gasteiger charge is 2.30. The van der Waals surface area contributed by atoms with E-state index in [4.69, 9.17) is 10.5 Å². The number of hydrogen-bond acceptors (Lipinski definition) is 3. The maximum Gasteiger partial charge on any atom is 0.249 e. The monoisotopic (exact) mass is 184 g/mol. The number of rotatable bonds is 2. The number of amides is 1. The molecule has 2 rings (SSSR count). The van der Waals surface area contributed by atoms with Crippen LogP contribution in [-0.4, -0.2) is 30.7 Å². The number of hydrogen-bond donors (Lipinski definition) is 2. The largest absolute Gasteiger partial charge is 0.367 e. The lowest BCUT2D eigenvalue weighted by Gasteiger charge is -2.25. The summed E-state index contributed by atoms with van der Waals surface area (Å²) in [7, 11) is 0. The second-order valence-corrected chi connectivity index (χ2v) is 3.94. The molecular weight excluding hydrogens is 168 g/mol. The minimum absolute atomic E-state index is 0.0504. The van der Waals surface area contributed by atoms with Gasteiger partial charge in [0.05, 0.1) is 6.61 Å². The summed E-state index contributed by atoms with van der Waals surface area (Å²) >= 11 is 0. The third-order valence-corrected chi connectivity index (χ3v) is 2.53. The molecule has 1 aliphatic carbocycles. The van der Waals surface area contributed by atoms with Crippen LogP contribution in [0.3, 0.4) is 0 Å². The van der Waals surface area contributed by atoms with Crippen molar-refractivity contribution in [2.45, 2.75) is 43.9 Å². The predicted octanol–water partition coefficient (Wildman–Crippen LogP) is -0.229. The van der Waals surface area contributed by atoms with Crippen LogP contribution in [0.15, 0.2) is 0 Å². The zero-order valence-electron chi connectivity index (χ0n) is 7.66. The summed E-state index contributed by atoms with van der Waals surface area (Å²) in [5.74, 6) is 0.0504. The number of nitrogens with two attached hydrogens (primary N) is 1. The maximum absolute atomic E-state index is 11.5. The summed E-state index contributed by atoms with van der Waals surface area (Å²) in [4.78, 5) is 11.5. The van der Waals surface area contributed by atoms with Crippen molar-refractivity contribution in [1.29, 1.82) is 0 Å². The first kappa shape index (κ1) is 8.97. The van der Waals surface area contributed by atoms with Crippen LogP contribution in [0.25, 0.3) is 0 Å². The standard InChI is InChI=1S/C9H16N2O2/c10-6-1-4-8(13-5-6)9(12)11-7-2-3-7/h6-8H,1-5,10H2,(H,11,12)/t6-,8+/m1/s1.